The van der Waals surface area contributed by atoms with Crippen molar-refractivity contribution < 1.29 is 5.11 Å². The molecule has 2 aromatic heterocycles. The van der Waals surface area contributed by atoms with Crippen LogP contribution < -0.4 is 0 Å². The van der Waals surface area contributed by atoms with Crippen molar-refractivity contribution in [2.45, 2.75) is 32.4 Å². The summed E-state index contributed by atoms with van der Waals surface area (Å²) in [5.74, 6) is 1.46. The van der Waals surface area contributed by atoms with Crippen LogP contribution >= 0.6 is 11.3 Å². The first-order valence-corrected chi connectivity index (χ1v) is 10.3. The molecule has 2 aromatic rings. The summed E-state index contributed by atoms with van der Waals surface area (Å²) in [4.78, 5) is 12.6. The topological polar surface area (TPSA) is 55.4 Å². The normalized spacial score (nSPS) is 24.8. The van der Waals surface area contributed by atoms with E-state index in [1.807, 2.05) is 12.4 Å². The molecule has 0 aromatic carbocycles. The average molecular weight is 361 g/mol. The first-order valence-electron chi connectivity index (χ1n) is 9.32. The van der Waals surface area contributed by atoms with Crippen LogP contribution in [-0.2, 0) is 13.1 Å². The van der Waals surface area contributed by atoms with Crippen LogP contribution in [-0.4, -0.2) is 57.7 Å². The number of hydrogen-bond donors (Lipinski definition) is 2. The van der Waals surface area contributed by atoms with Crippen LogP contribution in [0.5, 0.6) is 0 Å². The number of nitrogens with zero attached hydrogens (tertiary/aromatic N) is 3. The smallest absolute Gasteiger partial charge is 0.120 e. The highest BCUT2D eigenvalue weighted by molar-refractivity contribution is 7.07. The summed E-state index contributed by atoms with van der Waals surface area (Å²) in [6.07, 6.45) is 7.34. The molecule has 2 saturated heterocycles. The summed E-state index contributed by atoms with van der Waals surface area (Å²) >= 11 is 1.77. The second-order valence-corrected chi connectivity index (χ2v) is 8.45. The third-order valence-corrected chi connectivity index (χ3v) is 6.99. The van der Waals surface area contributed by atoms with Crippen LogP contribution in [0.1, 0.15) is 30.7 Å². The average Bonchev–Trinajstić information content (AvgIpc) is 3.33. The second kappa shape index (κ2) is 7.58. The van der Waals surface area contributed by atoms with Crippen LogP contribution in [0.4, 0.5) is 0 Å². The Kier molecular flexibility index (Phi) is 5.22. The van der Waals surface area contributed by atoms with Gasteiger partial charge in [-0.3, -0.25) is 9.80 Å². The number of aliphatic hydroxyl groups is 1. The lowest BCUT2D eigenvalue weighted by Crippen LogP contribution is -2.53. The number of imidazole rings is 1. The van der Waals surface area contributed by atoms with Gasteiger partial charge in [-0.15, -0.1) is 0 Å². The Morgan fingerprint density at radius 3 is 2.64 bits per heavy atom. The third kappa shape index (κ3) is 3.82. The fourth-order valence-electron chi connectivity index (χ4n) is 4.63. The van der Waals surface area contributed by atoms with Gasteiger partial charge in [0.1, 0.15) is 5.82 Å². The highest BCUT2D eigenvalue weighted by Crippen LogP contribution is 2.45. The summed E-state index contributed by atoms with van der Waals surface area (Å²) < 4.78 is 0. The van der Waals surface area contributed by atoms with Crippen LogP contribution in [0.2, 0.25) is 0 Å². The molecule has 2 N–H and O–H groups in total. The molecule has 1 unspecified atom stereocenters. The Bertz CT molecular complexity index is 626. The SMILES string of the molecule is OCC1CN(Cc2ccsc2)CCC12CCN(Cc1ncc[nH]1)CC2. The zero-order chi connectivity index (χ0) is 17.1. The van der Waals surface area contributed by atoms with Crippen molar-refractivity contribution in [3.8, 4) is 0 Å². The molecule has 0 radical (unpaired) electrons. The van der Waals surface area contributed by atoms with E-state index in [4.69, 9.17) is 0 Å². The van der Waals surface area contributed by atoms with Crippen molar-refractivity contribution in [1.82, 2.24) is 19.8 Å². The van der Waals surface area contributed by atoms with E-state index >= 15 is 0 Å². The molecule has 1 atom stereocenters. The molecular weight excluding hydrogens is 332 g/mol. The lowest BCUT2D eigenvalue weighted by Gasteiger charge is -2.51. The Morgan fingerprint density at radius 2 is 2.00 bits per heavy atom. The number of thiophene rings is 1. The number of nitrogens with one attached hydrogen (secondary N) is 1. The maximum absolute atomic E-state index is 10.1. The first-order chi connectivity index (χ1) is 12.3. The van der Waals surface area contributed by atoms with Crippen LogP contribution in [0.25, 0.3) is 0 Å². The number of rotatable bonds is 5. The fraction of sp³-hybridized carbons (Fsp3) is 0.632. The summed E-state index contributed by atoms with van der Waals surface area (Å²) in [5, 5.41) is 14.5. The third-order valence-electron chi connectivity index (χ3n) is 6.26. The molecule has 0 amide bonds. The van der Waals surface area contributed by atoms with Crippen molar-refractivity contribution in [3.05, 3.63) is 40.6 Å². The fourth-order valence-corrected chi connectivity index (χ4v) is 5.29. The Labute approximate surface area is 153 Å². The minimum Gasteiger partial charge on any atom is -0.396 e. The molecule has 0 aliphatic carbocycles. The van der Waals surface area contributed by atoms with Gasteiger partial charge in [-0.25, -0.2) is 4.98 Å². The molecule has 0 saturated carbocycles. The van der Waals surface area contributed by atoms with E-state index in [9.17, 15) is 5.11 Å². The molecule has 4 heterocycles. The number of likely N-dealkylation sites (tertiary alicyclic amines) is 2. The molecule has 2 aliphatic rings. The molecule has 6 heteroatoms. The quantitative estimate of drug-likeness (QED) is 0.860. The summed E-state index contributed by atoms with van der Waals surface area (Å²) in [6.45, 7) is 6.68. The van der Waals surface area contributed by atoms with Gasteiger partial charge < -0.3 is 10.1 Å². The van der Waals surface area contributed by atoms with E-state index < -0.39 is 0 Å². The van der Waals surface area contributed by atoms with Gasteiger partial charge in [0.2, 0.25) is 0 Å². The molecule has 5 nitrogen and oxygen atoms in total. The molecule has 2 aliphatic heterocycles. The van der Waals surface area contributed by atoms with Gasteiger partial charge >= 0.3 is 0 Å². The molecule has 1 spiro atoms. The number of piperidine rings is 2. The van der Waals surface area contributed by atoms with Crippen molar-refractivity contribution in [1.29, 1.82) is 0 Å². The maximum Gasteiger partial charge on any atom is 0.120 e. The molecular formula is C19H28N4OS. The van der Waals surface area contributed by atoms with E-state index in [1.165, 1.54) is 24.8 Å². The van der Waals surface area contributed by atoms with Crippen molar-refractivity contribution in [2.24, 2.45) is 11.3 Å². The number of aliphatic hydroxyl groups excluding tert-OH is 1. The number of H-pyrrole nitrogens is 1. The second-order valence-electron chi connectivity index (χ2n) is 7.67. The monoisotopic (exact) mass is 360 g/mol. The largest absolute Gasteiger partial charge is 0.396 e. The van der Waals surface area contributed by atoms with Gasteiger partial charge in [-0.1, -0.05) is 0 Å². The van der Waals surface area contributed by atoms with Crippen molar-refractivity contribution in [3.63, 3.8) is 0 Å². The van der Waals surface area contributed by atoms with Gasteiger partial charge in [-0.2, -0.15) is 11.3 Å². The number of hydrogen-bond acceptors (Lipinski definition) is 5. The van der Waals surface area contributed by atoms with Crippen LogP contribution in [0.15, 0.2) is 29.2 Å². The molecule has 2 fully saturated rings. The van der Waals surface area contributed by atoms with Gasteiger partial charge in [0.25, 0.3) is 0 Å². The lowest BCUT2D eigenvalue weighted by atomic mass is 9.64. The lowest BCUT2D eigenvalue weighted by molar-refractivity contribution is -0.0452. The van der Waals surface area contributed by atoms with E-state index in [-0.39, 0.29) is 0 Å². The minimum atomic E-state index is 0.318. The molecule has 136 valence electrons. The molecule has 0 bridgehead atoms. The van der Waals surface area contributed by atoms with Gasteiger partial charge in [0.15, 0.2) is 0 Å². The van der Waals surface area contributed by atoms with Gasteiger partial charge in [0, 0.05) is 38.0 Å². The summed E-state index contributed by atoms with van der Waals surface area (Å²) in [6, 6.07) is 2.22. The number of aromatic nitrogens is 2. The van der Waals surface area contributed by atoms with E-state index in [1.54, 1.807) is 11.3 Å². The molecule has 4 rings (SSSR count). The van der Waals surface area contributed by atoms with Crippen molar-refractivity contribution >= 4 is 11.3 Å². The van der Waals surface area contributed by atoms with Crippen molar-refractivity contribution in [2.75, 3.05) is 32.8 Å². The maximum atomic E-state index is 10.1. The Morgan fingerprint density at radius 1 is 1.20 bits per heavy atom. The zero-order valence-electron chi connectivity index (χ0n) is 14.7. The predicted molar refractivity (Wildman–Crippen MR) is 100 cm³/mol. The first kappa shape index (κ1) is 17.2. The van der Waals surface area contributed by atoms with E-state index in [0.29, 0.717) is 17.9 Å². The van der Waals surface area contributed by atoms with E-state index in [2.05, 4.69) is 36.6 Å². The Balaban J connectivity index is 1.34. The van der Waals surface area contributed by atoms with Gasteiger partial charge in [-0.05, 0) is 66.7 Å². The van der Waals surface area contributed by atoms with Crippen LogP contribution in [0.3, 0.4) is 0 Å². The predicted octanol–water partition coefficient (Wildman–Crippen LogP) is 2.57. The van der Waals surface area contributed by atoms with Gasteiger partial charge in [0.05, 0.1) is 6.54 Å². The summed E-state index contributed by atoms with van der Waals surface area (Å²) in [5.41, 5.74) is 1.74. The highest BCUT2D eigenvalue weighted by atomic mass is 32.1. The van der Waals surface area contributed by atoms with E-state index in [0.717, 1.165) is 45.1 Å². The standard InChI is InChI=1S/C19H28N4OS/c24-14-17-12-23(11-16-1-10-25-15-16)9-4-19(17)2-7-22(8-3-19)13-18-20-5-6-21-18/h1,5-6,10,15,17,24H,2-4,7-9,11-14H2,(H,20,21). The minimum absolute atomic E-state index is 0.318. The molecule has 25 heavy (non-hydrogen) atoms. The summed E-state index contributed by atoms with van der Waals surface area (Å²) in [7, 11) is 0. The highest BCUT2D eigenvalue weighted by Gasteiger charge is 2.44. The Hall–Kier alpha value is -1.21. The number of aromatic amines is 1. The van der Waals surface area contributed by atoms with Crippen LogP contribution in [0, 0.1) is 11.3 Å². The zero-order valence-corrected chi connectivity index (χ0v) is 15.5.